The summed E-state index contributed by atoms with van der Waals surface area (Å²) < 4.78 is 29.5. The highest BCUT2D eigenvalue weighted by Gasteiger charge is 2.41. The van der Waals surface area contributed by atoms with Crippen molar-refractivity contribution in [2.45, 2.75) is 25.0 Å². The number of esters is 1. The van der Waals surface area contributed by atoms with Crippen LogP contribution >= 0.6 is 0 Å². The lowest BCUT2D eigenvalue weighted by atomic mass is 9.98. The van der Waals surface area contributed by atoms with Crippen LogP contribution in [0, 0.1) is 0 Å². The molecule has 1 heterocycles. The minimum Gasteiger partial charge on any atom is -0.459 e. The van der Waals surface area contributed by atoms with Crippen molar-refractivity contribution in [3.63, 3.8) is 0 Å². The van der Waals surface area contributed by atoms with Crippen LogP contribution in [0.1, 0.15) is 29.0 Å². The molecule has 174 valence electrons. The Labute approximate surface area is 200 Å². The van der Waals surface area contributed by atoms with Gasteiger partial charge in [0.15, 0.2) is 6.04 Å². The van der Waals surface area contributed by atoms with E-state index in [-0.39, 0.29) is 32.2 Å². The maximum absolute atomic E-state index is 13.0. The van der Waals surface area contributed by atoms with Gasteiger partial charge in [-0.05, 0) is 27.8 Å². The summed E-state index contributed by atoms with van der Waals surface area (Å²) in [5.74, 6) is -0.798. The van der Waals surface area contributed by atoms with E-state index in [1.807, 2.05) is 78.9 Å². The molecule has 0 radical (unpaired) electrons. The van der Waals surface area contributed by atoms with Crippen LogP contribution in [-0.2, 0) is 36.3 Å². The van der Waals surface area contributed by atoms with Crippen molar-refractivity contribution in [2.24, 2.45) is 0 Å². The third kappa shape index (κ3) is 4.34. The monoisotopic (exact) mass is 477 g/mol. The number of carbonyl (C=O) groups is 2. The lowest BCUT2D eigenvalue weighted by Gasteiger charge is -2.31. The van der Waals surface area contributed by atoms with Crippen LogP contribution in [0.2, 0.25) is 0 Å². The lowest BCUT2D eigenvalue weighted by molar-refractivity contribution is -0.150. The first-order chi connectivity index (χ1) is 16.6. The summed E-state index contributed by atoms with van der Waals surface area (Å²) in [6.07, 6.45) is -0.703. The van der Waals surface area contributed by atoms with Crippen molar-refractivity contribution >= 4 is 23.3 Å². The van der Waals surface area contributed by atoms with E-state index in [0.29, 0.717) is 0 Å². The Morgan fingerprint density at radius 2 is 1.50 bits per heavy atom. The summed E-state index contributed by atoms with van der Waals surface area (Å²) in [5, 5.41) is 0. The molecule has 0 N–H and O–H groups in total. The van der Waals surface area contributed by atoms with Gasteiger partial charge in [0.1, 0.15) is 13.2 Å². The number of ether oxygens (including phenoxy) is 2. The van der Waals surface area contributed by atoms with E-state index in [1.165, 1.54) is 0 Å². The highest BCUT2D eigenvalue weighted by molar-refractivity contribution is 7.78. The Hall–Kier alpha value is -3.49. The van der Waals surface area contributed by atoms with E-state index in [0.717, 1.165) is 32.1 Å². The molecule has 8 heteroatoms. The van der Waals surface area contributed by atoms with Crippen molar-refractivity contribution in [1.82, 2.24) is 4.31 Å². The number of carbonyl (C=O) groups excluding carboxylic acids is 2. The average Bonchev–Trinajstić information content (AvgIpc) is 3.20. The third-order valence-electron chi connectivity index (χ3n) is 6.03. The summed E-state index contributed by atoms with van der Waals surface area (Å²) in [7, 11) is 0. The fourth-order valence-corrected chi connectivity index (χ4v) is 5.32. The van der Waals surface area contributed by atoms with Gasteiger partial charge < -0.3 is 9.47 Å². The fourth-order valence-electron chi connectivity index (χ4n) is 4.39. The van der Waals surface area contributed by atoms with Crippen molar-refractivity contribution < 1.29 is 27.5 Å². The van der Waals surface area contributed by atoms with Gasteiger partial charge >= 0.3 is 12.1 Å². The largest absolute Gasteiger partial charge is 0.459 e. The minimum atomic E-state index is -2.14. The standard InChI is InChI=1S/C26H23NO6S/c28-25(31-16-18-8-2-1-3-9-18)24-14-15-33-34(30)27(24)26(29)32-17-23-21-12-6-4-10-19(21)20-11-5-7-13-22(20)23/h1-13,23-24H,14-17H2. The van der Waals surface area contributed by atoms with Gasteiger partial charge in [0.25, 0.3) is 11.3 Å². The molecule has 0 bridgehead atoms. The second-order valence-electron chi connectivity index (χ2n) is 8.07. The van der Waals surface area contributed by atoms with E-state index in [9.17, 15) is 13.8 Å². The fraction of sp³-hybridized carbons (Fsp3) is 0.231. The van der Waals surface area contributed by atoms with Gasteiger partial charge in [0, 0.05) is 12.3 Å². The lowest BCUT2D eigenvalue weighted by Crippen LogP contribution is -2.51. The molecule has 5 rings (SSSR count). The molecule has 1 saturated heterocycles. The van der Waals surface area contributed by atoms with Gasteiger partial charge in [-0.2, -0.15) is 4.31 Å². The molecule has 0 saturated carbocycles. The van der Waals surface area contributed by atoms with Crippen LogP contribution < -0.4 is 0 Å². The predicted octanol–water partition coefficient (Wildman–Crippen LogP) is 4.35. The smallest absolute Gasteiger partial charge is 0.424 e. The van der Waals surface area contributed by atoms with E-state index >= 15 is 0 Å². The van der Waals surface area contributed by atoms with Gasteiger partial charge in [0.2, 0.25) is 0 Å². The molecule has 3 aromatic rings. The second-order valence-corrected chi connectivity index (χ2v) is 9.13. The molecule has 3 aromatic carbocycles. The van der Waals surface area contributed by atoms with E-state index in [4.69, 9.17) is 13.7 Å². The van der Waals surface area contributed by atoms with E-state index in [1.54, 1.807) is 0 Å². The normalized spacial score (nSPS) is 19.2. The topological polar surface area (TPSA) is 82.1 Å². The van der Waals surface area contributed by atoms with Gasteiger partial charge in [-0.15, -0.1) is 0 Å². The zero-order chi connectivity index (χ0) is 23.5. The Morgan fingerprint density at radius 3 is 2.18 bits per heavy atom. The van der Waals surface area contributed by atoms with Gasteiger partial charge in [-0.3, -0.25) is 4.18 Å². The van der Waals surface area contributed by atoms with Crippen LogP contribution in [0.4, 0.5) is 4.79 Å². The SMILES string of the molecule is O=C(OCc1ccccc1)C1CCOS(=O)N1C(=O)OCC1c2ccccc2-c2ccccc21. The predicted molar refractivity (Wildman–Crippen MR) is 126 cm³/mol. The number of rotatable bonds is 5. The maximum Gasteiger partial charge on any atom is 0.424 e. The number of nitrogens with zero attached hydrogens (tertiary/aromatic N) is 1. The van der Waals surface area contributed by atoms with Gasteiger partial charge in [-0.25, -0.2) is 13.8 Å². The zero-order valence-corrected chi connectivity index (χ0v) is 19.1. The summed E-state index contributed by atoms with van der Waals surface area (Å²) in [4.78, 5) is 25.8. The van der Waals surface area contributed by atoms with Gasteiger partial charge in [-0.1, -0.05) is 78.9 Å². The summed E-state index contributed by atoms with van der Waals surface area (Å²) >= 11 is -2.14. The highest BCUT2D eigenvalue weighted by atomic mass is 32.2. The Kier molecular flexibility index (Phi) is 6.42. The molecule has 0 aromatic heterocycles. The Bertz CT molecular complexity index is 1190. The van der Waals surface area contributed by atoms with Crippen LogP contribution in [0.3, 0.4) is 0 Å². The second kappa shape index (κ2) is 9.79. The van der Waals surface area contributed by atoms with Crippen molar-refractivity contribution in [2.75, 3.05) is 13.2 Å². The number of benzene rings is 3. The number of hydrogen-bond acceptors (Lipinski definition) is 6. The van der Waals surface area contributed by atoms with Gasteiger partial charge in [0.05, 0.1) is 6.61 Å². The molecule has 1 aliphatic heterocycles. The van der Waals surface area contributed by atoms with E-state index < -0.39 is 29.4 Å². The molecule has 34 heavy (non-hydrogen) atoms. The maximum atomic E-state index is 13.0. The first-order valence-electron chi connectivity index (χ1n) is 11.0. The van der Waals surface area contributed by atoms with E-state index in [2.05, 4.69) is 0 Å². The van der Waals surface area contributed by atoms with Crippen molar-refractivity contribution in [3.8, 4) is 11.1 Å². The summed E-state index contributed by atoms with van der Waals surface area (Å²) in [6, 6.07) is 24.1. The molecule has 1 aliphatic carbocycles. The molecule has 1 amide bonds. The number of amides is 1. The van der Waals surface area contributed by atoms with Crippen LogP contribution in [0.5, 0.6) is 0 Å². The Balaban J connectivity index is 1.29. The summed E-state index contributed by atoms with van der Waals surface area (Å²) in [5.41, 5.74) is 5.15. The first kappa shape index (κ1) is 22.3. The zero-order valence-electron chi connectivity index (χ0n) is 18.3. The van der Waals surface area contributed by atoms with Crippen molar-refractivity contribution in [1.29, 1.82) is 0 Å². The highest BCUT2D eigenvalue weighted by Crippen LogP contribution is 2.44. The summed E-state index contributed by atoms with van der Waals surface area (Å²) in [6.45, 7) is 0.180. The quantitative estimate of drug-likeness (QED) is 0.508. The molecule has 2 aliphatic rings. The molecule has 7 nitrogen and oxygen atoms in total. The molecule has 1 fully saturated rings. The molecule has 2 atom stereocenters. The van der Waals surface area contributed by atoms with Crippen molar-refractivity contribution in [3.05, 3.63) is 95.6 Å². The average molecular weight is 478 g/mol. The minimum absolute atomic E-state index is 0.0480. The van der Waals surface area contributed by atoms with Crippen LogP contribution in [0.15, 0.2) is 78.9 Å². The third-order valence-corrected chi connectivity index (χ3v) is 7.12. The first-order valence-corrected chi connectivity index (χ1v) is 12.1. The molecular formula is C26H23NO6S. The molecule has 2 unspecified atom stereocenters. The Morgan fingerprint density at radius 1 is 0.882 bits per heavy atom. The molecular weight excluding hydrogens is 454 g/mol. The van der Waals surface area contributed by atoms with Crippen LogP contribution in [-0.4, -0.2) is 39.8 Å². The van der Waals surface area contributed by atoms with Crippen LogP contribution in [0.25, 0.3) is 11.1 Å². The number of fused-ring (bicyclic) bond motifs is 3. The molecule has 0 spiro atoms. The number of hydrogen-bond donors (Lipinski definition) is 0.